The van der Waals surface area contributed by atoms with Gasteiger partial charge in [0.05, 0.1) is 31.9 Å². The number of halogens is 1. The monoisotopic (exact) mass is 472 g/mol. The molecule has 9 heteroatoms. The second kappa shape index (κ2) is 9.82. The van der Waals surface area contributed by atoms with Crippen molar-refractivity contribution in [3.63, 3.8) is 0 Å². The van der Waals surface area contributed by atoms with E-state index in [1.165, 1.54) is 18.1 Å². The molecule has 2 heterocycles. The van der Waals surface area contributed by atoms with Gasteiger partial charge in [0.25, 0.3) is 11.7 Å². The summed E-state index contributed by atoms with van der Waals surface area (Å²) in [6.07, 6.45) is 0. The Kier molecular flexibility index (Phi) is 6.88. The minimum atomic E-state index is -0.837. The van der Waals surface area contributed by atoms with Gasteiger partial charge >= 0.3 is 0 Å². The molecule has 0 radical (unpaired) electrons. The maximum atomic E-state index is 13.1. The number of hydrogen-bond acceptors (Lipinski definition) is 7. The highest BCUT2D eigenvalue weighted by Gasteiger charge is 2.46. The van der Waals surface area contributed by atoms with Crippen molar-refractivity contribution < 1.29 is 29.3 Å². The van der Waals surface area contributed by atoms with Crippen LogP contribution in [0, 0.1) is 0 Å². The van der Waals surface area contributed by atoms with Gasteiger partial charge in [-0.25, -0.2) is 0 Å². The van der Waals surface area contributed by atoms with E-state index >= 15 is 0 Å². The first kappa shape index (κ1) is 23.1. The fraction of sp³-hybridized carbons (Fsp3) is 0.333. The van der Waals surface area contributed by atoms with Crippen LogP contribution >= 0.6 is 11.6 Å². The van der Waals surface area contributed by atoms with Crippen LogP contribution in [0.3, 0.4) is 0 Å². The van der Waals surface area contributed by atoms with Crippen LogP contribution in [0.4, 0.5) is 0 Å². The summed E-state index contributed by atoms with van der Waals surface area (Å²) in [7, 11) is 1.42. The predicted octanol–water partition coefficient (Wildman–Crippen LogP) is 2.81. The van der Waals surface area contributed by atoms with Gasteiger partial charge in [0.1, 0.15) is 5.76 Å². The molecule has 0 aromatic heterocycles. The van der Waals surface area contributed by atoms with Crippen molar-refractivity contribution in [2.45, 2.75) is 6.04 Å². The molecule has 2 aromatic carbocycles. The third-order valence-corrected chi connectivity index (χ3v) is 6.19. The van der Waals surface area contributed by atoms with Gasteiger partial charge in [0, 0.05) is 36.8 Å². The molecule has 2 fully saturated rings. The number of hydrogen-bond donors (Lipinski definition) is 2. The molecule has 8 nitrogen and oxygen atoms in total. The number of methoxy groups -OCH3 is 1. The second-order valence-corrected chi connectivity index (χ2v) is 8.32. The van der Waals surface area contributed by atoms with E-state index < -0.39 is 17.7 Å². The van der Waals surface area contributed by atoms with Crippen molar-refractivity contribution in [2.75, 3.05) is 46.5 Å². The van der Waals surface area contributed by atoms with Gasteiger partial charge in [0.2, 0.25) is 0 Å². The van der Waals surface area contributed by atoms with E-state index in [1.54, 1.807) is 36.4 Å². The average molecular weight is 473 g/mol. The van der Waals surface area contributed by atoms with Crippen LogP contribution in [0.15, 0.2) is 48.0 Å². The lowest BCUT2D eigenvalue weighted by molar-refractivity contribution is -0.140. The lowest BCUT2D eigenvalue weighted by Crippen LogP contribution is -2.42. The number of benzene rings is 2. The third-order valence-electron chi connectivity index (χ3n) is 5.94. The number of aliphatic hydroxyl groups excluding tert-OH is 1. The van der Waals surface area contributed by atoms with Crippen LogP contribution in [0.5, 0.6) is 11.5 Å². The zero-order valence-electron chi connectivity index (χ0n) is 18.2. The standard InChI is InChI=1S/C24H25ClN2O6/c1-32-19-14-16(4-7-18(19)28)21-20(22(29)15-2-5-17(25)6-3-15)23(30)24(31)27(21)9-8-26-10-12-33-13-11-26/h2-7,14,21,28-29H,8-13H2,1H3/t21-/m1/s1. The van der Waals surface area contributed by atoms with Crippen molar-refractivity contribution >= 4 is 29.1 Å². The number of rotatable bonds is 6. The SMILES string of the molecule is COc1cc([C@@H]2C(=C(O)c3ccc(Cl)cc3)C(=O)C(=O)N2CCN2CCOCC2)ccc1O. The van der Waals surface area contributed by atoms with Crippen LogP contribution in [-0.2, 0) is 14.3 Å². The van der Waals surface area contributed by atoms with E-state index in [9.17, 15) is 19.8 Å². The largest absolute Gasteiger partial charge is 0.507 e. The molecule has 2 aromatic rings. The van der Waals surface area contributed by atoms with Gasteiger partial charge in [-0.15, -0.1) is 0 Å². The van der Waals surface area contributed by atoms with Crippen molar-refractivity contribution in [1.29, 1.82) is 0 Å². The summed E-state index contributed by atoms with van der Waals surface area (Å²) in [5, 5.41) is 21.6. The van der Waals surface area contributed by atoms with Crippen LogP contribution in [-0.4, -0.2) is 78.2 Å². The molecule has 174 valence electrons. The average Bonchev–Trinajstić information content (AvgIpc) is 3.08. The first-order chi connectivity index (χ1) is 15.9. The van der Waals surface area contributed by atoms with Crippen molar-refractivity contribution in [3.8, 4) is 11.5 Å². The van der Waals surface area contributed by atoms with Crippen LogP contribution in [0.1, 0.15) is 17.2 Å². The summed E-state index contributed by atoms with van der Waals surface area (Å²) < 4.78 is 10.6. The summed E-state index contributed by atoms with van der Waals surface area (Å²) in [4.78, 5) is 29.8. The Morgan fingerprint density at radius 2 is 1.82 bits per heavy atom. The number of ether oxygens (including phenoxy) is 2. The van der Waals surface area contributed by atoms with Crippen LogP contribution < -0.4 is 4.74 Å². The number of likely N-dealkylation sites (tertiary alicyclic amines) is 1. The number of aromatic hydroxyl groups is 1. The number of Topliss-reactive ketones (excluding diaryl/α,β-unsaturated/α-hetero) is 1. The summed E-state index contributed by atoms with van der Waals surface area (Å²) >= 11 is 5.96. The molecule has 0 saturated carbocycles. The minimum absolute atomic E-state index is 0.0166. The maximum Gasteiger partial charge on any atom is 0.295 e. The molecule has 0 bridgehead atoms. The molecule has 1 atom stereocenters. The smallest absolute Gasteiger partial charge is 0.295 e. The second-order valence-electron chi connectivity index (χ2n) is 7.88. The molecule has 0 spiro atoms. The number of carbonyl (C=O) groups is 2. The number of ketones is 1. The van der Waals surface area contributed by atoms with Crippen molar-refractivity contribution in [1.82, 2.24) is 9.80 Å². The number of carbonyl (C=O) groups excluding carboxylic acids is 2. The molecular weight excluding hydrogens is 448 g/mol. The quantitative estimate of drug-likeness (QED) is 0.379. The topological polar surface area (TPSA) is 99.5 Å². The van der Waals surface area contributed by atoms with Gasteiger partial charge in [0.15, 0.2) is 11.5 Å². The normalized spacial score (nSPS) is 20.9. The lowest BCUT2D eigenvalue weighted by Gasteiger charge is -2.31. The molecule has 2 aliphatic rings. The highest BCUT2D eigenvalue weighted by Crippen LogP contribution is 2.41. The van der Waals surface area contributed by atoms with Crippen LogP contribution in [0.2, 0.25) is 5.02 Å². The van der Waals surface area contributed by atoms with Crippen molar-refractivity contribution in [3.05, 3.63) is 64.2 Å². The van der Waals surface area contributed by atoms with E-state index in [1.807, 2.05) is 0 Å². The Balaban J connectivity index is 1.76. The highest BCUT2D eigenvalue weighted by molar-refractivity contribution is 6.46. The third kappa shape index (κ3) is 4.68. The molecule has 2 saturated heterocycles. The Morgan fingerprint density at radius 3 is 2.48 bits per heavy atom. The summed E-state index contributed by atoms with van der Waals surface area (Å²) in [6.45, 7) is 3.57. The molecule has 1 amide bonds. The van der Waals surface area contributed by atoms with E-state index in [0.717, 1.165) is 13.1 Å². The zero-order valence-corrected chi connectivity index (χ0v) is 18.9. The predicted molar refractivity (Wildman–Crippen MR) is 122 cm³/mol. The molecular formula is C24H25ClN2O6. The zero-order chi connectivity index (χ0) is 23.5. The Morgan fingerprint density at radius 1 is 1.12 bits per heavy atom. The van der Waals surface area contributed by atoms with E-state index in [2.05, 4.69) is 4.90 Å². The lowest BCUT2D eigenvalue weighted by atomic mass is 9.95. The maximum absolute atomic E-state index is 13.1. The number of phenols is 1. The van der Waals surface area contributed by atoms with Crippen molar-refractivity contribution in [2.24, 2.45) is 0 Å². The van der Waals surface area contributed by atoms with E-state index in [-0.39, 0.29) is 29.4 Å². The fourth-order valence-corrected chi connectivity index (χ4v) is 4.28. The Bertz CT molecular complexity index is 1080. The number of amides is 1. The summed E-state index contributed by atoms with van der Waals surface area (Å²) in [6, 6.07) is 10.2. The van der Waals surface area contributed by atoms with E-state index in [4.69, 9.17) is 21.1 Å². The number of aliphatic hydroxyl groups is 1. The number of nitrogens with zero attached hydrogens (tertiary/aromatic N) is 2. The Hall–Kier alpha value is -3.07. The number of phenolic OH excluding ortho intramolecular Hbond substituents is 1. The first-order valence-corrected chi connectivity index (χ1v) is 11.0. The minimum Gasteiger partial charge on any atom is -0.507 e. The molecule has 33 heavy (non-hydrogen) atoms. The van der Waals surface area contributed by atoms with Gasteiger partial charge < -0.3 is 24.6 Å². The summed E-state index contributed by atoms with van der Waals surface area (Å²) in [5.74, 6) is -1.59. The van der Waals surface area contributed by atoms with Gasteiger partial charge in [-0.05, 0) is 42.0 Å². The van der Waals surface area contributed by atoms with Gasteiger partial charge in [-0.3, -0.25) is 14.5 Å². The first-order valence-electron chi connectivity index (χ1n) is 10.6. The fourth-order valence-electron chi connectivity index (χ4n) is 4.16. The molecule has 2 aliphatic heterocycles. The van der Waals surface area contributed by atoms with Crippen LogP contribution in [0.25, 0.3) is 5.76 Å². The summed E-state index contributed by atoms with van der Waals surface area (Å²) in [5.41, 5.74) is 0.903. The molecule has 0 unspecified atom stereocenters. The van der Waals surface area contributed by atoms with E-state index in [0.29, 0.717) is 35.9 Å². The highest BCUT2D eigenvalue weighted by atomic mass is 35.5. The van der Waals surface area contributed by atoms with Gasteiger partial charge in [-0.2, -0.15) is 0 Å². The number of morpholine rings is 1. The molecule has 2 N–H and O–H groups in total. The molecule has 0 aliphatic carbocycles. The Labute approximate surface area is 196 Å². The van der Waals surface area contributed by atoms with Gasteiger partial charge in [-0.1, -0.05) is 17.7 Å². The molecule has 4 rings (SSSR count).